The van der Waals surface area contributed by atoms with E-state index in [0.29, 0.717) is 10.5 Å². The van der Waals surface area contributed by atoms with Crippen LogP contribution in [0.25, 0.3) is 6.08 Å². The molecule has 2 N–H and O–H groups in total. The predicted molar refractivity (Wildman–Crippen MR) is 62.6 cm³/mol. The number of thioether (sulfide) groups is 1. The Bertz CT molecular complexity index is 542. The number of nitriles is 1. The molecule has 0 aliphatic carbocycles. The molecule has 2 rings (SSSR count). The van der Waals surface area contributed by atoms with E-state index in [0.717, 1.165) is 17.3 Å². The highest BCUT2D eigenvalue weighted by atomic mass is 32.2. The minimum atomic E-state index is -0.266. The second-order valence-electron chi connectivity index (χ2n) is 3.13. The Morgan fingerprint density at radius 3 is 2.94 bits per heavy atom. The molecule has 78 valence electrons. The zero-order chi connectivity index (χ0) is 11.5. The third-order valence-electron chi connectivity index (χ3n) is 1.98. The minimum Gasteiger partial charge on any atom is -0.301 e. The number of benzene rings is 1. The molecule has 1 saturated heterocycles. The molecule has 1 aromatic carbocycles. The maximum absolute atomic E-state index is 11.3. The first-order valence-electron chi connectivity index (χ1n) is 4.48. The summed E-state index contributed by atoms with van der Waals surface area (Å²) >= 11 is 1.08. The van der Waals surface area contributed by atoms with Crippen LogP contribution in [-0.4, -0.2) is 11.1 Å². The van der Waals surface area contributed by atoms with E-state index in [1.165, 1.54) is 0 Å². The number of carbonyl (C=O) groups is 1. The van der Waals surface area contributed by atoms with Crippen LogP contribution in [0.15, 0.2) is 29.2 Å². The molecular formula is C11H7N3OS. The van der Waals surface area contributed by atoms with Crippen molar-refractivity contribution in [1.29, 1.82) is 10.7 Å². The monoisotopic (exact) mass is 229 g/mol. The summed E-state index contributed by atoms with van der Waals surface area (Å²) in [6.07, 6.45) is 1.67. The van der Waals surface area contributed by atoms with Crippen LogP contribution >= 0.6 is 11.8 Å². The number of carbonyl (C=O) groups excluding carboxylic acids is 1. The third kappa shape index (κ3) is 2.12. The van der Waals surface area contributed by atoms with Crippen molar-refractivity contribution in [1.82, 2.24) is 5.32 Å². The lowest BCUT2D eigenvalue weighted by Gasteiger charge is -1.95. The average molecular weight is 229 g/mol. The number of amides is 1. The van der Waals surface area contributed by atoms with Crippen molar-refractivity contribution in [3.63, 3.8) is 0 Å². The SMILES string of the molecule is N#Cc1cccc(/C=C2/SC(=N)NC2=O)c1. The normalized spacial score (nSPS) is 17.3. The van der Waals surface area contributed by atoms with E-state index in [9.17, 15) is 4.79 Å². The van der Waals surface area contributed by atoms with Gasteiger partial charge in [-0.3, -0.25) is 10.2 Å². The Hall–Kier alpha value is -2.06. The molecule has 0 saturated carbocycles. The van der Waals surface area contributed by atoms with Gasteiger partial charge in [0.15, 0.2) is 5.17 Å². The van der Waals surface area contributed by atoms with E-state index in [1.807, 2.05) is 12.1 Å². The fourth-order valence-electron chi connectivity index (χ4n) is 1.29. The Morgan fingerprint density at radius 1 is 1.50 bits per heavy atom. The van der Waals surface area contributed by atoms with Crippen LogP contribution < -0.4 is 5.32 Å². The largest absolute Gasteiger partial charge is 0.301 e. The third-order valence-corrected chi connectivity index (χ3v) is 2.81. The zero-order valence-electron chi connectivity index (χ0n) is 8.15. The predicted octanol–water partition coefficient (Wildman–Crippen LogP) is 1.70. The first-order chi connectivity index (χ1) is 7.69. The Morgan fingerprint density at radius 2 is 2.31 bits per heavy atom. The molecular weight excluding hydrogens is 222 g/mol. The number of nitrogens with one attached hydrogen (secondary N) is 2. The zero-order valence-corrected chi connectivity index (χ0v) is 8.97. The van der Waals surface area contributed by atoms with Gasteiger partial charge < -0.3 is 5.32 Å². The molecule has 1 aliphatic rings. The van der Waals surface area contributed by atoms with Gasteiger partial charge in [0.2, 0.25) is 0 Å². The summed E-state index contributed by atoms with van der Waals surface area (Å²) in [5, 5.41) is 18.5. The van der Waals surface area contributed by atoms with E-state index < -0.39 is 0 Å². The van der Waals surface area contributed by atoms with Crippen LogP contribution in [0.1, 0.15) is 11.1 Å². The highest BCUT2D eigenvalue weighted by Crippen LogP contribution is 2.24. The van der Waals surface area contributed by atoms with E-state index in [1.54, 1.807) is 24.3 Å². The maximum Gasteiger partial charge on any atom is 0.264 e. The van der Waals surface area contributed by atoms with E-state index >= 15 is 0 Å². The molecule has 0 unspecified atom stereocenters. The molecule has 0 bridgehead atoms. The second kappa shape index (κ2) is 4.21. The molecule has 4 nitrogen and oxygen atoms in total. The van der Waals surface area contributed by atoms with E-state index in [2.05, 4.69) is 5.32 Å². The molecule has 0 aromatic heterocycles. The van der Waals surface area contributed by atoms with Crippen molar-refractivity contribution in [2.45, 2.75) is 0 Å². The van der Waals surface area contributed by atoms with Crippen molar-refractivity contribution in [3.05, 3.63) is 40.3 Å². The number of hydrogen-bond donors (Lipinski definition) is 2. The minimum absolute atomic E-state index is 0.132. The van der Waals surface area contributed by atoms with Gasteiger partial charge in [-0.15, -0.1) is 0 Å². The quantitative estimate of drug-likeness (QED) is 0.719. The van der Waals surface area contributed by atoms with Gasteiger partial charge >= 0.3 is 0 Å². The smallest absolute Gasteiger partial charge is 0.264 e. The van der Waals surface area contributed by atoms with Crippen LogP contribution in [0.3, 0.4) is 0 Å². The Balaban J connectivity index is 2.33. The van der Waals surface area contributed by atoms with Crippen LogP contribution in [0.5, 0.6) is 0 Å². The molecule has 16 heavy (non-hydrogen) atoms. The second-order valence-corrected chi connectivity index (χ2v) is 4.18. The van der Waals surface area contributed by atoms with Gasteiger partial charge in [0.05, 0.1) is 16.5 Å². The molecule has 0 radical (unpaired) electrons. The summed E-state index contributed by atoms with van der Waals surface area (Å²) in [6.45, 7) is 0. The first-order valence-corrected chi connectivity index (χ1v) is 5.30. The summed E-state index contributed by atoms with van der Waals surface area (Å²) < 4.78 is 0. The van der Waals surface area contributed by atoms with Gasteiger partial charge in [-0.25, -0.2) is 0 Å². The molecule has 1 heterocycles. The molecule has 5 heteroatoms. The fraction of sp³-hybridized carbons (Fsp3) is 0. The summed E-state index contributed by atoms with van der Waals surface area (Å²) in [5.74, 6) is -0.266. The summed E-state index contributed by atoms with van der Waals surface area (Å²) in [6, 6.07) is 9.00. The maximum atomic E-state index is 11.3. The summed E-state index contributed by atoms with van der Waals surface area (Å²) in [4.78, 5) is 11.8. The van der Waals surface area contributed by atoms with E-state index in [-0.39, 0.29) is 11.1 Å². The number of amidine groups is 1. The van der Waals surface area contributed by atoms with Crippen molar-refractivity contribution >= 4 is 28.9 Å². The van der Waals surface area contributed by atoms with E-state index in [4.69, 9.17) is 10.7 Å². The van der Waals surface area contributed by atoms with Crippen molar-refractivity contribution < 1.29 is 4.79 Å². The summed E-state index contributed by atoms with van der Waals surface area (Å²) in [5.41, 5.74) is 1.33. The molecule has 0 atom stereocenters. The molecule has 0 spiro atoms. The Labute approximate surface area is 96.5 Å². The standard InChI is InChI=1S/C11H7N3OS/c12-6-8-3-1-2-7(4-8)5-9-10(15)14-11(13)16-9/h1-5H,(H2,13,14,15)/b9-5+. The van der Waals surface area contributed by atoms with Gasteiger partial charge in [0.1, 0.15) is 0 Å². The highest BCUT2D eigenvalue weighted by molar-refractivity contribution is 8.18. The lowest BCUT2D eigenvalue weighted by molar-refractivity contribution is -0.115. The lowest BCUT2D eigenvalue weighted by Crippen LogP contribution is -2.18. The van der Waals surface area contributed by atoms with Gasteiger partial charge in [0.25, 0.3) is 5.91 Å². The van der Waals surface area contributed by atoms with Gasteiger partial charge in [-0.1, -0.05) is 12.1 Å². The molecule has 1 fully saturated rings. The van der Waals surface area contributed by atoms with Crippen molar-refractivity contribution in [3.8, 4) is 6.07 Å². The number of hydrogen-bond acceptors (Lipinski definition) is 4. The number of rotatable bonds is 1. The Kier molecular flexibility index (Phi) is 2.75. The van der Waals surface area contributed by atoms with Gasteiger partial charge in [0, 0.05) is 0 Å². The first kappa shape index (κ1) is 10.5. The van der Waals surface area contributed by atoms with Gasteiger partial charge in [-0.05, 0) is 35.5 Å². The van der Waals surface area contributed by atoms with Crippen LogP contribution in [0.2, 0.25) is 0 Å². The topological polar surface area (TPSA) is 76.7 Å². The summed E-state index contributed by atoms with van der Waals surface area (Å²) in [7, 11) is 0. The average Bonchev–Trinajstić information content (AvgIpc) is 2.58. The van der Waals surface area contributed by atoms with Gasteiger partial charge in [-0.2, -0.15) is 5.26 Å². The van der Waals surface area contributed by atoms with Crippen LogP contribution in [0, 0.1) is 16.7 Å². The molecule has 1 amide bonds. The number of nitrogens with zero attached hydrogens (tertiary/aromatic N) is 1. The van der Waals surface area contributed by atoms with Crippen LogP contribution in [-0.2, 0) is 4.79 Å². The van der Waals surface area contributed by atoms with Crippen LogP contribution in [0.4, 0.5) is 0 Å². The molecule has 1 aromatic rings. The van der Waals surface area contributed by atoms with Crippen molar-refractivity contribution in [2.24, 2.45) is 0 Å². The fourth-order valence-corrected chi connectivity index (χ4v) is 1.99. The molecule has 1 aliphatic heterocycles. The highest BCUT2D eigenvalue weighted by Gasteiger charge is 2.21. The van der Waals surface area contributed by atoms with Crippen molar-refractivity contribution in [2.75, 3.05) is 0 Å². The lowest BCUT2D eigenvalue weighted by atomic mass is 10.1.